The number of nitrogens with zero attached hydrogens (tertiary/aromatic N) is 4. The predicted octanol–water partition coefficient (Wildman–Crippen LogP) is 3.54. The minimum absolute atomic E-state index is 0.0780. The molecule has 0 radical (unpaired) electrons. The van der Waals surface area contributed by atoms with E-state index < -0.39 is 23.6 Å². The number of rotatable bonds is 6. The fourth-order valence-electron chi connectivity index (χ4n) is 4.68. The van der Waals surface area contributed by atoms with Crippen molar-refractivity contribution in [2.24, 2.45) is 5.16 Å². The Morgan fingerprint density at radius 2 is 2.08 bits per heavy atom. The van der Waals surface area contributed by atoms with E-state index >= 15 is 0 Å². The minimum Gasteiger partial charge on any atom is -0.495 e. The third-order valence-electron chi connectivity index (χ3n) is 6.36. The van der Waals surface area contributed by atoms with Gasteiger partial charge in [-0.25, -0.2) is 14.2 Å². The van der Waals surface area contributed by atoms with Crippen molar-refractivity contribution >= 4 is 17.9 Å². The third-order valence-corrected chi connectivity index (χ3v) is 6.36. The van der Waals surface area contributed by atoms with Gasteiger partial charge in [-0.3, -0.25) is 4.90 Å². The van der Waals surface area contributed by atoms with Crippen molar-refractivity contribution in [1.82, 2.24) is 14.5 Å². The van der Waals surface area contributed by atoms with Gasteiger partial charge in [0.25, 0.3) is 0 Å². The molecule has 2 aliphatic heterocycles. The van der Waals surface area contributed by atoms with E-state index in [1.165, 1.54) is 24.3 Å². The van der Waals surface area contributed by atoms with E-state index in [1.54, 1.807) is 25.3 Å². The molecule has 10 heteroatoms. The van der Waals surface area contributed by atoms with Crippen LogP contribution in [0.15, 0.2) is 65.7 Å². The monoisotopic (exact) mass is 506 g/mol. The van der Waals surface area contributed by atoms with Gasteiger partial charge in [-0.15, -0.1) is 0 Å². The molecule has 37 heavy (non-hydrogen) atoms. The van der Waals surface area contributed by atoms with Crippen molar-refractivity contribution in [1.29, 1.82) is 0 Å². The molecular weight excluding hydrogens is 479 g/mol. The second-order valence-corrected chi connectivity index (χ2v) is 8.87. The maximum absolute atomic E-state index is 13.7. The van der Waals surface area contributed by atoms with Gasteiger partial charge >= 0.3 is 11.7 Å². The Kier molecular flexibility index (Phi) is 6.43. The number of piperidine rings is 1. The third kappa shape index (κ3) is 4.33. The van der Waals surface area contributed by atoms with Crippen LogP contribution < -0.4 is 4.74 Å². The molecule has 2 atom stereocenters. The molecule has 1 aromatic heterocycles. The number of aromatic nitrogens is 2. The summed E-state index contributed by atoms with van der Waals surface area (Å²) < 4.78 is 26.5. The zero-order valence-corrected chi connectivity index (χ0v) is 20.7. The number of fused-ring (bicyclic) bond motifs is 1. The van der Waals surface area contributed by atoms with Gasteiger partial charge in [-0.1, -0.05) is 11.2 Å². The van der Waals surface area contributed by atoms with Crippen molar-refractivity contribution in [2.45, 2.75) is 32.1 Å². The van der Waals surface area contributed by atoms with Crippen molar-refractivity contribution in [3.05, 3.63) is 83.2 Å². The van der Waals surface area contributed by atoms with Crippen molar-refractivity contribution < 1.29 is 28.6 Å². The van der Waals surface area contributed by atoms with E-state index in [4.69, 9.17) is 14.3 Å². The van der Waals surface area contributed by atoms with Crippen LogP contribution >= 0.6 is 0 Å². The molecule has 3 aromatic rings. The second-order valence-electron chi connectivity index (χ2n) is 8.87. The molecule has 3 heterocycles. The Morgan fingerprint density at radius 3 is 2.76 bits per heavy atom. The van der Waals surface area contributed by atoms with E-state index in [0.717, 1.165) is 16.9 Å². The summed E-state index contributed by atoms with van der Waals surface area (Å²) in [5, 5.41) is 15.1. The van der Waals surface area contributed by atoms with Crippen LogP contribution in [0.1, 0.15) is 30.2 Å². The number of hydrogen-bond donors (Lipinski definition) is 1. The van der Waals surface area contributed by atoms with Crippen LogP contribution in [0.25, 0.3) is 11.8 Å². The number of aliphatic hydroxyl groups is 1. The van der Waals surface area contributed by atoms with Gasteiger partial charge in [0, 0.05) is 23.8 Å². The van der Waals surface area contributed by atoms with E-state index in [-0.39, 0.29) is 13.2 Å². The largest absolute Gasteiger partial charge is 0.495 e. The molecule has 2 aromatic carbocycles. The SMILES string of the molecule is CCOC(=O)[C@@]1(c2ccc(F)cc2)ON=C2C(=Cc3ccc(-n4cnc(C)c4)c(OC)c3)C[C@@H](O)CN21. The number of amidine groups is 1. The number of imidazole rings is 1. The number of methoxy groups -OCH3 is 1. The number of esters is 1. The van der Waals surface area contributed by atoms with E-state index in [2.05, 4.69) is 10.1 Å². The number of aryl methyl sites for hydroxylation is 1. The number of carbonyl (C=O) groups is 1. The number of benzene rings is 2. The Balaban J connectivity index is 1.54. The van der Waals surface area contributed by atoms with E-state index in [1.807, 2.05) is 42.0 Å². The standard InChI is InChI=1S/C27H27FN4O5/c1-4-36-26(34)27(20-6-8-21(28)9-7-20)32-15-22(33)13-19(25(32)30-37-27)11-18-5-10-23(24(12-18)35-3)31-14-17(2)29-16-31/h5-12,14,16,22,33H,4,13,15H2,1-3H3/t22-,27-/m1/s1. The smallest absolute Gasteiger partial charge is 0.380 e. The van der Waals surface area contributed by atoms with Gasteiger partial charge in [0.1, 0.15) is 11.6 Å². The first kappa shape index (κ1) is 24.5. The molecule has 9 nitrogen and oxygen atoms in total. The summed E-state index contributed by atoms with van der Waals surface area (Å²) in [6, 6.07) is 11.1. The van der Waals surface area contributed by atoms with Gasteiger partial charge in [0.05, 0.1) is 44.1 Å². The first-order valence-corrected chi connectivity index (χ1v) is 11.9. The van der Waals surface area contributed by atoms with Crippen LogP contribution in [0.3, 0.4) is 0 Å². The molecule has 0 spiro atoms. The number of oxime groups is 1. The lowest BCUT2D eigenvalue weighted by atomic mass is 9.93. The molecule has 5 rings (SSSR count). The lowest BCUT2D eigenvalue weighted by molar-refractivity contribution is -0.190. The highest BCUT2D eigenvalue weighted by molar-refractivity contribution is 6.06. The summed E-state index contributed by atoms with van der Waals surface area (Å²) in [4.78, 5) is 24.9. The van der Waals surface area contributed by atoms with Crippen LogP contribution in [-0.2, 0) is 20.1 Å². The highest BCUT2D eigenvalue weighted by Gasteiger charge is 2.58. The normalized spacial score (nSPS) is 21.9. The Hall–Kier alpha value is -4.18. The average Bonchev–Trinajstić information content (AvgIpc) is 3.49. The van der Waals surface area contributed by atoms with Crippen LogP contribution in [0.5, 0.6) is 5.75 Å². The Bertz CT molecular complexity index is 1380. The quantitative estimate of drug-likeness (QED) is 0.511. The molecule has 0 bridgehead atoms. The number of aliphatic hydroxyl groups excluding tert-OH is 1. The Labute approximate surface area is 213 Å². The second kappa shape index (κ2) is 9.70. The summed E-state index contributed by atoms with van der Waals surface area (Å²) in [6.45, 7) is 3.79. The fourth-order valence-corrected chi connectivity index (χ4v) is 4.68. The summed E-state index contributed by atoms with van der Waals surface area (Å²) in [5.41, 5.74) is 1.76. The summed E-state index contributed by atoms with van der Waals surface area (Å²) >= 11 is 0. The first-order valence-electron chi connectivity index (χ1n) is 11.9. The summed E-state index contributed by atoms with van der Waals surface area (Å²) in [6.07, 6.45) is 4.98. The highest BCUT2D eigenvalue weighted by atomic mass is 19.1. The summed E-state index contributed by atoms with van der Waals surface area (Å²) in [7, 11) is 1.59. The molecule has 192 valence electrons. The zero-order valence-electron chi connectivity index (χ0n) is 20.7. The number of halogens is 1. The molecule has 0 saturated carbocycles. The molecule has 0 unspecified atom stereocenters. The van der Waals surface area contributed by atoms with Crippen molar-refractivity contribution in [2.75, 3.05) is 20.3 Å². The van der Waals surface area contributed by atoms with Gasteiger partial charge in [0.15, 0.2) is 5.84 Å². The van der Waals surface area contributed by atoms with Crippen LogP contribution in [0.2, 0.25) is 0 Å². The van der Waals surface area contributed by atoms with Crippen LogP contribution in [0, 0.1) is 12.7 Å². The molecule has 0 aliphatic carbocycles. The lowest BCUT2D eigenvalue weighted by Crippen LogP contribution is -2.57. The van der Waals surface area contributed by atoms with Crippen LogP contribution in [0.4, 0.5) is 4.39 Å². The minimum atomic E-state index is -1.78. The topological polar surface area (TPSA) is 98.4 Å². The molecular formula is C27H27FN4O5. The maximum atomic E-state index is 13.7. The number of ether oxygens (including phenoxy) is 2. The molecule has 0 amide bonds. The predicted molar refractivity (Wildman–Crippen MR) is 133 cm³/mol. The van der Waals surface area contributed by atoms with Gasteiger partial charge in [0.2, 0.25) is 0 Å². The summed E-state index contributed by atoms with van der Waals surface area (Å²) in [5.74, 6) is -0.118. The number of hydrogen-bond acceptors (Lipinski definition) is 8. The Morgan fingerprint density at radius 1 is 1.30 bits per heavy atom. The van der Waals surface area contributed by atoms with Gasteiger partial charge in [-0.2, -0.15) is 0 Å². The van der Waals surface area contributed by atoms with Gasteiger partial charge in [-0.05, 0) is 61.9 Å². The first-order chi connectivity index (χ1) is 17.8. The van der Waals surface area contributed by atoms with Crippen molar-refractivity contribution in [3.8, 4) is 11.4 Å². The molecule has 1 fully saturated rings. The highest BCUT2D eigenvalue weighted by Crippen LogP contribution is 2.42. The zero-order chi connectivity index (χ0) is 26.2. The molecule has 1 saturated heterocycles. The number of carbonyl (C=O) groups excluding carboxylic acids is 1. The average molecular weight is 507 g/mol. The van der Waals surface area contributed by atoms with E-state index in [9.17, 15) is 14.3 Å². The molecule has 1 N–H and O–H groups in total. The van der Waals surface area contributed by atoms with E-state index in [0.29, 0.717) is 29.1 Å². The van der Waals surface area contributed by atoms with Gasteiger partial charge < -0.3 is 24.0 Å². The molecule has 2 aliphatic rings. The van der Waals surface area contributed by atoms with Crippen molar-refractivity contribution in [3.63, 3.8) is 0 Å². The van der Waals surface area contributed by atoms with Crippen LogP contribution in [-0.4, -0.2) is 57.7 Å². The lowest BCUT2D eigenvalue weighted by Gasteiger charge is -2.39. The maximum Gasteiger partial charge on any atom is 0.380 e. The fraction of sp³-hybridized carbons (Fsp3) is 0.296.